The molecule has 0 radical (unpaired) electrons. The molecule has 3 heterocycles. The molecular formula is C19H12N6O2. The molecule has 0 aliphatic heterocycles. The summed E-state index contributed by atoms with van der Waals surface area (Å²) in [6, 6.07) is 14.8. The first kappa shape index (κ1) is 15.2. The highest BCUT2D eigenvalue weighted by atomic mass is 16.5. The van der Waals surface area contributed by atoms with E-state index in [9.17, 15) is 4.79 Å². The van der Waals surface area contributed by atoms with Crippen LogP contribution in [0.2, 0.25) is 0 Å². The highest BCUT2D eigenvalue weighted by Crippen LogP contribution is 2.22. The van der Waals surface area contributed by atoms with Crippen molar-refractivity contribution in [3.63, 3.8) is 0 Å². The zero-order valence-electron chi connectivity index (χ0n) is 13.9. The van der Waals surface area contributed by atoms with Crippen molar-refractivity contribution < 1.29 is 4.74 Å². The Hall–Kier alpha value is -4.07. The molecule has 0 saturated carbocycles. The predicted octanol–water partition coefficient (Wildman–Crippen LogP) is 2.84. The number of hydrogen-bond donors (Lipinski definition) is 1. The zero-order chi connectivity index (χ0) is 18.2. The summed E-state index contributed by atoms with van der Waals surface area (Å²) in [5.41, 5.74) is 2.34. The van der Waals surface area contributed by atoms with Crippen LogP contribution >= 0.6 is 0 Å². The Balaban J connectivity index is 1.59. The second kappa shape index (κ2) is 6.03. The number of ether oxygens (including phenoxy) is 1. The van der Waals surface area contributed by atoms with Gasteiger partial charge in [0.05, 0.1) is 22.9 Å². The van der Waals surface area contributed by atoms with Crippen LogP contribution < -0.4 is 10.3 Å². The van der Waals surface area contributed by atoms with Crippen molar-refractivity contribution in [3.8, 4) is 17.4 Å². The Morgan fingerprint density at radius 1 is 0.963 bits per heavy atom. The van der Waals surface area contributed by atoms with Gasteiger partial charge in [0.15, 0.2) is 5.65 Å². The maximum Gasteiger partial charge on any atom is 0.304 e. The molecule has 0 atom stereocenters. The number of fused-ring (bicyclic) bond motifs is 2. The van der Waals surface area contributed by atoms with Crippen LogP contribution in [0.5, 0.6) is 11.8 Å². The van der Waals surface area contributed by atoms with E-state index in [4.69, 9.17) is 4.74 Å². The molecule has 0 spiro atoms. The standard InChI is InChI=1S/C19H12N6O2/c26-18-14-11-22-25(12-4-2-1-3-5-12)17(14)23-19(24-18)27-13-6-7-15-16(10-13)21-9-8-20-15/h1-11H,(H,23,24,26). The van der Waals surface area contributed by atoms with Gasteiger partial charge in [-0.15, -0.1) is 0 Å². The van der Waals surface area contributed by atoms with E-state index in [0.717, 1.165) is 11.2 Å². The number of H-pyrrole nitrogens is 1. The average Bonchev–Trinajstić information content (AvgIpc) is 3.13. The van der Waals surface area contributed by atoms with Crippen molar-refractivity contribution in [2.75, 3.05) is 0 Å². The fourth-order valence-electron chi connectivity index (χ4n) is 2.82. The van der Waals surface area contributed by atoms with Gasteiger partial charge in [-0.25, -0.2) is 4.68 Å². The zero-order valence-corrected chi connectivity index (χ0v) is 13.9. The number of aromatic nitrogens is 6. The van der Waals surface area contributed by atoms with E-state index in [1.807, 2.05) is 30.3 Å². The fraction of sp³-hybridized carbons (Fsp3) is 0. The predicted molar refractivity (Wildman–Crippen MR) is 99.1 cm³/mol. The number of aromatic amines is 1. The van der Waals surface area contributed by atoms with E-state index < -0.39 is 0 Å². The molecule has 5 rings (SSSR count). The van der Waals surface area contributed by atoms with Crippen molar-refractivity contribution in [2.45, 2.75) is 0 Å². The summed E-state index contributed by atoms with van der Waals surface area (Å²) in [7, 11) is 0. The molecule has 1 N–H and O–H groups in total. The summed E-state index contributed by atoms with van der Waals surface area (Å²) in [4.78, 5) is 27.9. The fourth-order valence-corrected chi connectivity index (χ4v) is 2.82. The normalized spacial score (nSPS) is 11.1. The molecule has 130 valence electrons. The quantitative estimate of drug-likeness (QED) is 0.534. The van der Waals surface area contributed by atoms with Gasteiger partial charge < -0.3 is 4.74 Å². The molecule has 0 aliphatic rings. The molecule has 3 aromatic heterocycles. The molecule has 8 heteroatoms. The van der Waals surface area contributed by atoms with Gasteiger partial charge in [0, 0.05) is 18.5 Å². The maximum atomic E-state index is 12.4. The Bertz CT molecular complexity index is 1330. The highest BCUT2D eigenvalue weighted by Gasteiger charge is 2.13. The molecule has 0 amide bonds. The molecule has 0 saturated heterocycles. The Morgan fingerprint density at radius 2 is 1.78 bits per heavy atom. The van der Waals surface area contributed by atoms with Crippen LogP contribution in [0.1, 0.15) is 0 Å². The average molecular weight is 356 g/mol. The topological polar surface area (TPSA) is 98.6 Å². The summed E-state index contributed by atoms with van der Waals surface area (Å²) >= 11 is 0. The Morgan fingerprint density at radius 3 is 2.63 bits per heavy atom. The summed E-state index contributed by atoms with van der Waals surface area (Å²) in [5, 5.41) is 4.66. The molecule has 0 aliphatic carbocycles. The third-order valence-electron chi connectivity index (χ3n) is 4.07. The molecule has 27 heavy (non-hydrogen) atoms. The summed E-state index contributed by atoms with van der Waals surface area (Å²) in [6.45, 7) is 0. The lowest BCUT2D eigenvalue weighted by Crippen LogP contribution is -2.10. The number of rotatable bonds is 3. The molecule has 5 aromatic rings. The van der Waals surface area contributed by atoms with Crippen LogP contribution in [0.3, 0.4) is 0 Å². The smallest absolute Gasteiger partial charge is 0.304 e. The summed E-state index contributed by atoms with van der Waals surface area (Å²) < 4.78 is 7.36. The van der Waals surface area contributed by atoms with Crippen molar-refractivity contribution in [3.05, 3.63) is 77.5 Å². The molecule has 2 aromatic carbocycles. The van der Waals surface area contributed by atoms with E-state index in [1.165, 1.54) is 6.20 Å². The molecule has 8 nitrogen and oxygen atoms in total. The van der Waals surface area contributed by atoms with E-state index >= 15 is 0 Å². The summed E-state index contributed by atoms with van der Waals surface area (Å²) in [6.07, 6.45) is 4.72. The van der Waals surface area contributed by atoms with E-state index in [2.05, 4.69) is 25.0 Å². The van der Waals surface area contributed by atoms with Crippen molar-refractivity contribution in [1.29, 1.82) is 0 Å². The largest absolute Gasteiger partial charge is 0.425 e. The first-order chi connectivity index (χ1) is 13.3. The lowest BCUT2D eigenvalue weighted by molar-refractivity contribution is 0.442. The van der Waals surface area contributed by atoms with E-state index in [-0.39, 0.29) is 11.6 Å². The van der Waals surface area contributed by atoms with Crippen LogP contribution in [-0.2, 0) is 0 Å². The van der Waals surface area contributed by atoms with Crippen LogP contribution in [0.4, 0.5) is 0 Å². The van der Waals surface area contributed by atoms with Crippen molar-refractivity contribution in [2.24, 2.45) is 0 Å². The van der Waals surface area contributed by atoms with Crippen LogP contribution in [-0.4, -0.2) is 29.7 Å². The van der Waals surface area contributed by atoms with Gasteiger partial charge in [0.2, 0.25) is 0 Å². The third kappa shape index (κ3) is 2.69. The Kier molecular flexibility index (Phi) is 3.39. The minimum absolute atomic E-state index is 0.0772. The van der Waals surface area contributed by atoms with Crippen LogP contribution in [0.15, 0.2) is 71.9 Å². The minimum Gasteiger partial charge on any atom is -0.425 e. The number of nitrogens with one attached hydrogen (secondary N) is 1. The number of nitrogens with zero attached hydrogens (tertiary/aromatic N) is 5. The minimum atomic E-state index is -0.322. The highest BCUT2D eigenvalue weighted by molar-refractivity contribution is 5.76. The second-order valence-electron chi connectivity index (χ2n) is 5.81. The first-order valence-electron chi connectivity index (χ1n) is 8.20. The van der Waals surface area contributed by atoms with E-state index in [1.54, 1.807) is 35.3 Å². The van der Waals surface area contributed by atoms with Gasteiger partial charge in [-0.1, -0.05) is 18.2 Å². The Labute approximate surface area is 152 Å². The van der Waals surface area contributed by atoms with Gasteiger partial charge >= 0.3 is 6.01 Å². The van der Waals surface area contributed by atoms with Crippen LogP contribution in [0, 0.1) is 0 Å². The summed E-state index contributed by atoms with van der Waals surface area (Å²) in [5.74, 6) is 0.497. The third-order valence-corrected chi connectivity index (χ3v) is 4.07. The van der Waals surface area contributed by atoms with Gasteiger partial charge in [-0.3, -0.25) is 19.7 Å². The van der Waals surface area contributed by atoms with Crippen LogP contribution in [0.25, 0.3) is 27.8 Å². The van der Waals surface area contributed by atoms with Gasteiger partial charge in [0.1, 0.15) is 11.1 Å². The number of hydrogen-bond acceptors (Lipinski definition) is 6. The van der Waals surface area contributed by atoms with Gasteiger partial charge in [-0.2, -0.15) is 10.1 Å². The molecule has 0 fully saturated rings. The van der Waals surface area contributed by atoms with Gasteiger partial charge in [-0.05, 0) is 24.3 Å². The second-order valence-corrected chi connectivity index (χ2v) is 5.81. The first-order valence-corrected chi connectivity index (χ1v) is 8.20. The lowest BCUT2D eigenvalue weighted by atomic mass is 10.3. The lowest BCUT2D eigenvalue weighted by Gasteiger charge is -2.06. The van der Waals surface area contributed by atoms with Crippen molar-refractivity contribution in [1.82, 2.24) is 29.7 Å². The number of benzene rings is 2. The maximum absolute atomic E-state index is 12.4. The molecule has 0 bridgehead atoms. The van der Waals surface area contributed by atoms with Crippen molar-refractivity contribution >= 4 is 22.1 Å². The molecular weight excluding hydrogens is 344 g/mol. The van der Waals surface area contributed by atoms with Gasteiger partial charge in [0.25, 0.3) is 5.56 Å². The molecule has 0 unspecified atom stereocenters. The van der Waals surface area contributed by atoms with E-state index in [0.29, 0.717) is 22.3 Å². The monoisotopic (exact) mass is 356 g/mol. The SMILES string of the molecule is O=c1[nH]c(Oc2ccc3nccnc3c2)nc2c1cnn2-c1ccccc1. The number of para-hydroxylation sites is 1.